The highest BCUT2D eigenvalue weighted by molar-refractivity contribution is 5.79. The second-order valence-electron chi connectivity index (χ2n) is 6.25. The molecule has 0 radical (unpaired) electrons. The summed E-state index contributed by atoms with van der Waals surface area (Å²) in [6, 6.07) is 6.36. The van der Waals surface area contributed by atoms with Crippen molar-refractivity contribution >= 4 is 5.96 Å². The number of alkyl halides is 3. The van der Waals surface area contributed by atoms with Gasteiger partial charge in [-0.25, -0.2) is 0 Å². The van der Waals surface area contributed by atoms with Gasteiger partial charge in [-0.1, -0.05) is 12.1 Å². The Labute approximate surface area is 141 Å². The molecule has 1 aliphatic rings. The van der Waals surface area contributed by atoms with Crippen molar-refractivity contribution in [3.05, 3.63) is 35.4 Å². The van der Waals surface area contributed by atoms with Gasteiger partial charge in [0.2, 0.25) is 0 Å². The molecule has 1 aromatic rings. The van der Waals surface area contributed by atoms with Gasteiger partial charge in [-0.2, -0.15) is 13.2 Å². The number of likely N-dealkylation sites (N-methyl/N-ethyl adjacent to an activating group) is 1. The molecule has 4 nitrogen and oxygen atoms in total. The largest absolute Gasteiger partial charge is 0.416 e. The smallest absolute Gasteiger partial charge is 0.355 e. The van der Waals surface area contributed by atoms with Gasteiger partial charge in [-0.15, -0.1) is 0 Å². The molecular formula is C17H25F3N4. The first-order valence-electron chi connectivity index (χ1n) is 8.14. The number of hydrogen-bond acceptors (Lipinski definition) is 2. The summed E-state index contributed by atoms with van der Waals surface area (Å²) in [6.45, 7) is 3.16. The van der Waals surface area contributed by atoms with E-state index in [1.165, 1.54) is 18.9 Å². The van der Waals surface area contributed by atoms with Crippen LogP contribution in [-0.2, 0) is 12.7 Å². The maximum absolute atomic E-state index is 12.7. The van der Waals surface area contributed by atoms with Crippen LogP contribution in [0.25, 0.3) is 0 Å². The van der Waals surface area contributed by atoms with Gasteiger partial charge in [0.05, 0.1) is 5.56 Å². The molecule has 0 aromatic heterocycles. The molecule has 1 atom stereocenters. The Morgan fingerprint density at radius 2 is 2.04 bits per heavy atom. The molecule has 0 aliphatic heterocycles. The number of hydrogen-bond donors (Lipinski definition) is 2. The standard InChI is InChI=1S/C17H25F3N4/c1-12(24(3)15-7-8-15)10-22-16(21-2)23-11-13-5-4-6-14(9-13)17(18,19)20/h4-6,9,12,15H,7-8,10-11H2,1-3H3,(H2,21,22,23). The average molecular weight is 342 g/mol. The summed E-state index contributed by atoms with van der Waals surface area (Å²) in [5.74, 6) is 0.587. The van der Waals surface area contributed by atoms with E-state index in [-0.39, 0.29) is 6.54 Å². The lowest BCUT2D eigenvalue weighted by atomic mass is 10.1. The molecule has 0 spiro atoms. The molecular weight excluding hydrogens is 317 g/mol. The minimum absolute atomic E-state index is 0.288. The van der Waals surface area contributed by atoms with Crippen LogP contribution in [0.5, 0.6) is 0 Å². The van der Waals surface area contributed by atoms with Crippen LogP contribution in [0.2, 0.25) is 0 Å². The van der Waals surface area contributed by atoms with E-state index < -0.39 is 11.7 Å². The van der Waals surface area contributed by atoms with Crippen LogP contribution >= 0.6 is 0 Å². The Hall–Kier alpha value is -1.76. The van der Waals surface area contributed by atoms with Crippen molar-refractivity contribution in [3.8, 4) is 0 Å². The Kier molecular flexibility index (Phi) is 6.10. The van der Waals surface area contributed by atoms with E-state index in [0.29, 0.717) is 23.6 Å². The van der Waals surface area contributed by atoms with E-state index >= 15 is 0 Å². The third-order valence-corrected chi connectivity index (χ3v) is 4.32. The van der Waals surface area contributed by atoms with Gasteiger partial charge in [0.1, 0.15) is 0 Å². The van der Waals surface area contributed by atoms with Gasteiger partial charge in [0, 0.05) is 32.2 Å². The molecule has 0 bridgehead atoms. The quantitative estimate of drug-likeness (QED) is 0.617. The molecule has 0 amide bonds. The Balaban J connectivity index is 1.83. The van der Waals surface area contributed by atoms with Crippen LogP contribution < -0.4 is 10.6 Å². The molecule has 1 fully saturated rings. The first-order chi connectivity index (χ1) is 11.3. The third kappa shape index (κ3) is 5.40. The molecule has 0 heterocycles. The Morgan fingerprint density at radius 1 is 1.33 bits per heavy atom. The second kappa shape index (κ2) is 7.88. The number of nitrogens with zero attached hydrogens (tertiary/aromatic N) is 2. The number of guanidine groups is 1. The molecule has 1 aliphatic carbocycles. The van der Waals surface area contributed by atoms with Gasteiger partial charge < -0.3 is 10.6 Å². The van der Waals surface area contributed by atoms with Crippen LogP contribution in [-0.4, -0.2) is 43.6 Å². The predicted molar refractivity (Wildman–Crippen MR) is 89.9 cm³/mol. The summed E-state index contributed by atoms with van der Waals surface area (Å²) >= 11 is 0. The minimum atomic E-state index is -4.32. The fourth-order valence-corrected chi connectivity index (χ4v) is 2.49. The molecule has 7 heteroatoms. The third-order valence-electron chi connectivity index (χ3n) is 4.32. The maximum atomic E-state index is 12.7. The van der Waals surface area contributed by atoms with Crippen LogP contribution in [0.4, 0.5) is 13.2 Å². The van der Waals surface area contributed by atoms with Gasteiger partial charge >= 0.3 is 6.18 Å². The fourth-order valence-electron chi connectivity index (χ4n) is 2.49. The van der Waals surface area contributed by atoms with Crippen molar-refractivity contribution in [2.24, 2.45) is 4.99 Å². The molecule has 134 valence electrons. The molecule has 1 saturated carbocycles. The van der Waals surface area contributed by atoms with E-state index in [4.69, 9.17) is 0 Å². The summed E-state index contributed by atoms with van der Waals surface area (Å²) in [7, 11) is 3.76. The molecule has 1 unspecified atom stereocenters. The van der Waals surface area contributed by atoms with E-state index in [2.05, 4.69) is 34.5 Å². The fraction of sp³-hybridized carbons (Fsp3) is 0.588. The van der Waals surface area contributed by atoms with Crippen molar-refractivity contribution in [2.45, 2.75) is 44.6 Å². The number of halogens is 3. The van der Waals surface area contributed by atoms with Crippen molar-refractivity contribution in [3.63, 3.8) is 0 Å². The zero-order valence-electron chi connectivity index (χ0n) is 14.3. The maximum Gasteiger partial charge on any atom is 0.416 e. The Morgan fingerprint density at radius 3 is 2.62 bits per heavy atom. The van der Waals surface area contributed by atoms with Gasteiger partial charge in [0.25, 0.3) is 0 Å². The van der Waals surface area contributed by atoms with E-state index in [1.54, 1.807) is 13.1 Å². The summed E-state index contributed by atoms with van der Waals surface area (Å²) in [4.78, 5) is 6.46. The van der Waals surface area contributed by atoms with Crippen LogP contribution in [0.15, 0.2) is 29.3 Å². The molecule has 2 N–H and O–H groups in total. The number of nitrogens with one attached hydrogen (secondary N) is 2. The topological polar surface area (TPSA) is 39.7 Å². The molecule has 0 saturated heterocycles. The lowest BCUT2D eigenvalue weighted by molar-refractivity contribution is -0.137. The van der Waals surface area contributed by atoms with E-state index in [9.17, 15) is 13.2 Å². The number of rotatable bonds is 6. The van der Waals surface area contributed by atoms with Gasteiger partial charge in [-0.05, 0) is 44.5 Å². The molecule has 1 aromatic carbocycles. The second-order valence-corrected chi connectivity index (χ2v) is 6.25. The summed E-state index contributed by atoms with van der Waals surface area (Å²) in [5.41, 5.74) is -0.0691. The summed E-state index contributed by atoms with van der Waals surface area (Å²) in [5, 5.41) is 6.28. The van der Waals surface area contributed by atoms with Crippen molar-refractivity contribution in [1.82, 2.24) is 15.5 Å². The monoisotopic (exact) mass is 342 g/mol. The van der Waals surface area contributed by atoms with Crippen LogP contribution in [0.1, 0.15) is 30.9 Å². The van der Waals surface area contributed by atoms with Crippen molar-refractivity contribution in [1.29, 1.82) is 0 Å². The highest BCUT2D eigenvalue weighted by Gasteiger charge is 2.30. The summed E-state index contributed by atoms with van der Waals surface area (Å²) < 4.78 is 38.2. The van der Waals surface area contributed by atoms with Gasteiger partial charge in [0.15, 0.2) is 5.96 Å². The normalized spacial score (nSPS) is 17.0. The van der Waals surface area contributed by atoms with Crippen molar-refractivity contribution < 1.29 is 13.2 Å². The van der Waals surface area contributed by atoms with E-state index in [0.717, 1.165) is 18.7 Å². The highest BCUT2D eigenvalue weighted by atomic mass is 19.4. The first-order valence-corrected chi connectivity index (χ1v) is 8.14. The van der Waals surface area contributed by atoms with Crippen molar-refractivity contribution in [2.75, 3.05) is 20.6 Å². The average Bonchev–Trinajstić information content (AvgIpc) is 3.38. The summed E-state index contributed by atoms with van der Waals surface area (Å²) in [6.07, 6.45) is -1.81. The minimum Gasteiger partial charge on any atom is -0.355 e. The van der Waals surface area contributed by atoms with Crippen LogP contribution in [0.3, 0.4) is 0 Å². The SMILES string of the molecule is CN=C(NCc1cccc(C(F)(F)F)c1)NCC(C)N(C)C1CC1. The molecule has 2 rings (SSSR count). The Bertz CT molecular complexity index is 567. The zero-order valence-corrected chi connectivity index (χ0v) is 14.3. The number of benzene rings is 1. The zero-order chi connectivity index (χ0) is 17.7. The van der Waals surface area contributed by atoms with E-state index in [1.807, 2.05) is 0 Å². The number of aliphatic imine (C=N–C) groups is 1. The van der Waals surface area contributed by atoms with Crippen LogP contribution in [0, 0.1) is 0 Å². The predicted octanol–water partition coefficient (Wildman–Crippen LogP) is 2.85. The van der Waals surface area contributed by atoms with Gasteiger partial charge in [-0.3, -0.25) is 9.89 Å². The lowest BCUT2D eigenvalue weighted by Crippen LogP contribution is -2.45. The molecule has 24 heavy (non-hydrogen) atoms. The lowest BCUT2D eigenvalue weighted by Gasteiger charge is -2.25. The first kappa shape index (κ1) is 18.6. The highest BCUT2D eigenvalue weighted by Crippen LogP contribution is 2.29.